The van der Waals surface area contributed by atoms with Crippen LogP contribution in [0.5, 0.6) is 0 Å². The third-order valence-electron chi connectivity index (χ3n) is 4.05. The number of nitrogens with zero attached hydrogens (tertiary/aromatic N) is 4. The molecule has 5 nitrogen and oxygen atoms in total. The third kappa shape index (κ3) is 2.18. The molecule has 0 radical (unpaired) electrons. The minimum absolute atomic E-state index is 0.152. The Kier molecular flexibility index (Phi) is 2.74. The van der Waals surface area contributed by atoms with Crippen molar-refractivity contribution in [1.29, 1.82) is 0 Å². The number of hydrogen-bond donors (Lipinski definition) is 1. The quantitative estimate of drug-likeness (QED) is 0.891. The molecule has 1 aliphatic rings. The molecule has 0 fully saturated rings. The predicted octanol–water partition coefficient (Wildman–Crippen LogP) is 1.64. The fraction of sp³-hybridized carbons (Fsp3) is 0.571. The molecule has 1 aliphatic carbocycles. The van der Waals surface area contributed by atoms with Crippen molar-refractivity contribution in [2.75, 3.05) is 0 Å². The summed E-state index contributed by atoms with van der Waals surface area (Å²) in [6.45, 7) is 5.33. The average Bonchev–Trinajstić information content (AvgIpc) is 2.87. The fourth-order valence-corrected chi connectivity index (χ4v) is 3.04. The first-order valence-electron chi connectivity index (χ1n) is 6.73. The molecule has 102 valence electrons. The molecule has 2 aromatic rings. The van der Waals surface area contributed by atoms with Crippen LogP contribution in [-0.2, 0) is 20.0 Å². The predicted molar refractivity (Wildman–Crippen MR) is 73.6 cm³/mol. The van der Waals surface area contributed by atoms with E-state index in [1.54, 1.807) is 6.33 Å². The van der Waals surface area contributed by atoms with Gasteiger partial charge >= 0.3 is 0 Å². The molecule has 0 aromatic carbocycles. The summed E-state index contributed by atoms with van der Waals surface area (Å²) < 4.78 is 4.22. The summed E-state index contributed by atoms with van der Waals surface area (Å²) in [5.74, 6) is 0.968. The molecular formula is C14H21N5. The molecule has 0 bridgehead atoms. The largest absolute Gasteiger partial charge is 0.344 e. The van der Waals surface area contributed by atoms with Crippen LogP contribution in [0.25, 0.3) is 0 Å². The van der Waals surface area contributed by atoms with Crippen LogP contribution in [-0.4, -0.2) is 19.3 Å². The lowest BCUT2D eigenvalue weighted by molar-refractivity contribution is 0.275. The lowest BCUT2D eigenvalue weighted by Crippen LogP contribution is -2.30. The van der Waals surface area contributed by atoms with Crippen LogP contribution in [0.4, 0.5) is 0 Å². The maximum Gasteiger partial charge on any atom is 0.152 e. The smallest absolute Gasteiger partial charge is 0.152 e. The molecule has 1 unspecified atom stereocenters. The Morgan fingerprint density at radius 1 is 1.47 bits per heavy atom. The van der Waals surface area contributed by atoms with Gasteiger partial charge in [0.25, 0.3) is 0 Å². The molecular weight excluding hydrogens is 238 g/mol. The monoisotopic (exact) mass is 259 g/mol. The number of nitrogens with two attached hydrogens (primary N) is 1. The molecule has 0 spiro atoms. The van der Waals surface area contributed by atoms with Gasteiger partial charge in [-0.3, -0.25) is 0 Å². The minimum atomic E-state index is 0.152. The van der Waals surface area contributed by atoms with Gasteiger partial charge in [-0.25, -0.2) is 0 Å². The summed E-state index contributed by atoms with van der Waals surface area (Å²) in [6.07, 6.45) is 5.98. The van der Waals surface area contributed by atoms with Crippen LogP contribution in [0.3, 0.4) is 0 Å². The van der Waals surface area contributed by atoms with Gasteiger partial charge in [-0.2, -0.15) is 0 Å². The molecule has 0 saturated carbocycles. The number of aryl methyl sites for hydroxylation is 1. The van der Waals surface area contributed by atoms with Crippen LogP contribution in [0.1, 0.15) is 43.4 Å². The highest BCUT2D eigenvalue weighted by Gasteiger charge is 2.32. The van der Waals surface area contributed by atoms with E-state index in [0.717, 1.165) is 25.2 Å². The summed E-state index contributed by atoms with van der Waals surface area (Å²) in [5, 5.41) is 8.09. The van der Waals surface area contributed by atoms with E-state index < -0.39 is 0 Å². The zero-order valence-corrected chi connectivity index (χ0v) is 11.8. The van der Waals surface area contributed by atoms with E-state index in [1.807, 2.05) is 11.6 Å². The fourth-order valence-electron chi connectivity index (χ4n) is 3.04. The van der Waals surface area contributed by atoms with E-state index in [9.17, 15) is 0 Å². The standard InChI is InChI=1S/C14H21N5/c1-14(2)6-11(15)10-4-5-19(12(10)7-14)8-13-17-16-9-18(13)3/h4-5,9,11H,6-8,15H2,1-3H3. The SMILES string of the molecule is Cn1cnnc1Cn1ccc2c1CC(C)(C)CC2N. The van der Waals surface area contributed by atoms with Crippen molar-refractivity contribution >= 4 is 0 Å². The molecule has 3 rings (SSSR count). The first-order chi connectivity index (χ1) is 8.96. The van der Waals surface area contributed by atoms with Crippen molar-refractivity contribution in [3.63, 3.8) is 0 Å². The van der Waals surface area contributed by atoms with Gasteiger partial charge in [-0.15, -0.1) is 10.2 Å². The van der Waals surface area contributed by atoms with E-state index in [0.29, 0.717) is 0 Å². The number of hydrogen-bond acceptors (Lipinski definition) is 3. The van der Waals surface area contributed by atoms with Crippen LogP contribution >= 0.6 is 0 Å². The van der Waals surface area contributed by atoms with Gasteiger partial charge in [-0.1, -0.05) is 13.8 Å². The van der Waals surface area contributed by atoms with Gasteiger partial charge in [0.05, 0.1) is 6.54 Å². The number of aromatic nitrogens is 4. The molecule has 2 N–H and O–H groups in total. The summed E-state index contributed by atoms with van der Waals surface area (Å²) in [5.41, 5.74) is 9.20. The summed E-state index contributed by atoms with van der Waals surface area (Å²) in [4.78, 5) is 0. The Morgan fingerprint density at radius 2 is 2.26 bits per heavy atom. The second kappa shape index (κ2) is 4.20. The van der Waals surface area contributed by atoms with Crippen LogP contribution in [0.15, 0.2) is 18.6 Å². The van der Waals surface area contributed by atoms with Crippen molar-refractivity contribution in [2.24, 2.45) is 18.2 Å². The Labute approximate surface area is 113 Å². The Balaban J connectivity index is 1.95. The van der Waals surface area contributed by atoms with Gasteiger partial charge in [0.2, 0.25) is 0 Å². The van der Waals surface area contributed by atoms with E-state index in [4.69, 9.17) is 5.73 Å². The van der Waals surface area contributed by atoms with Gasteiger partial charge in [0.15, 0.2) is 5.82 Å². The zero-order valence-electron chi connectivity index (χ0n) is 11.8. The van der Waals surface area contributed by atoms with Gasteiger partial charge in [0, 0.05) is 25.0 Å². The van der Waals surface area contributed by atoms with Gasteiger partial charge < -0.3 is 14.9 Å². The maximum absolute atomic E-state index is 6.29. The second-order valence-corrected chi connectivity index (χ2v) is 6.36. The Hall–Kier alpha value is -1.62. The number of rotatable bonds is 2. The normalized spacial score (nSPS) is 21.4. The van der Waals surface area contributed by atoms with E-state index in [-0.39, 0.29) is 11.5 Å². The van der Waals surface area contributed by atoms with Crippen molar-refractivity contribution < 1.29 is 0 Å². The topological polar surface area (TPSA) is 61.7 Å². The minimum Gasteiger partial charge on any atom is -0.344 e. The Bertz CT molecular complexity index is 593. The van der Waals surface area contributed by atoms with Crippen molar-refractivity contribution in [3.8, 4) is 0 Å². The average molecular weight is 259 g/mol. The van der Waals surface area contributed by atoms with Crippen molar-refractivity contribution in [2.45, 2.75) is 39.3 Å². The molecule has 0 saturated heterocycles. The van der Waals surface area contributed by atoms with E-state index in [1.165, 1.54) is 11.3 Å². The molecule has 1 atom stereocenters. The molecule has 2 aromatic heterocycles. The van der Waals surface area contributed by atoms with Crippen molar-refractivity contribution in [1.82, 2.24) is 19.3 Å². The molecule has 5 heteroatoms. The maximum atomic E-state index is 6.29. The first-order valence-corrected chi connectivity index (χ1v) is 6.73. The van der Waals surface area contributed by atoms with Gasteiger partial charge in [0.1, 0.15) is 6.33 Å². The lowest BCUT2D eigenvalue weighted by atomic mass is 9.74. The number of fused-ring (bicyclic) bond motifs is 1. The van der Waals surface area contributed by atoms with Crippen LogP contribution in [0.2, 0.25) is 0 Å². The van der Waals surface area contributed by atoms with Crippen LogP contribution in [0, 0.1) is 5.41 Å². The molecule has 0 amide bonds. The van der Waals surface area contributed by atoms with Crippen molar-refractivity contribution in [3.05, 3.63) is 35.7 Å². The summed E-state index contributed by atoms with van der Waals surface area (Å²) in [7, 11) is 1.97. The summed E-state index contributed by atoms with van der Waals surface area (Å²) in [6, 6.07) is 2.31. The summed E-state index contributed by atoms with van der Waals surface area (Å²) >= 11 is 0. The van der Waals surface area contributed by atoms with Gasteiger partial charge in [-0.05, 0) is 29.9 Å². The van der Waals surface area contributed by atoms with E-state index in [2.05, 4.69) is 40.9 Å². The zero-order chi connectivity index (χ0) is 13.6. The highest BCUT2D eigenvalue weighted by Crippen LogP contribution is 2.40. The molecule has 19 heavy (non-hydrogen) atoms. The Morgan fingerprint density at radius 3 is 2.95 bits per heavy atom. The third-order valence-corrected chi connectivity index (χ3v) is 4.05. The molecule has 0 aliphatic heterocycles. The van der Waals surface area contributed by atoms with E-state index >= 15 is 0 Å². The first kappa shape index (κ1) is 12.4. The second-order valence-electron chi connectivity index (χ2n) is 6.36. The highest BCUT2D eigenvalue weighted by molar-refractivity contribution is 5.30. The highest BCUT2D eigenvalue weighted by atomic mass is 15.3. The lowest BCUT2D eigenvalue weighted by Gasteiger charge is -2.34. The molecule has 2 heterocycles. The van der Waals surface area contributed by atoms with Crippen LogP contribution < -0.4 is 5.73 Å².